The van der Waals surface area contributed by atoms with Crippen molar-refractivity contribution in [2.45, 2.75) is 6.54 Å². The molecule has 1 heterocycles. The normalized spacial score (nSPS) is 12.5. The Hall–Kier alpha value is -1.72. The molecule has 0 saturated heterocycles. The number of hydrogen-bond donors (Lipinski definition) is 1. The average Bonchev–Trinajstić information content (AvgIpc) is 2.85. The summed E-state index contributed by atoms with van der Waals surface area (Å²) in [5.41, 5.74) is 6.65. The second-order valence-corrected chi connectivity index (χ2v) is 5.03. The van der Waals surface area contributed by atoms with Gasteiger partial charge in [0.2, 0.25) is 6.79 Å². The molecule has 2 N–H and O–H groups in total. The summed E-state index contributed by atoms with van der Waals surface area (Å²) in [5, 5.41) is 0. The fourth-order valence-corrected chi connectivity index (χ4v) is 2.39. The van der Waals surface area contributed by atoms with Gasteiger partial charge in [0.25, 0.3) is 0 Å². The summed E-state index contributed by atoms with van der Waals surface area (Å²) in [5.74, 6) is 2.87. The fraction of sp³-hybridized carbons (Fsp3) is 0.143. The smallest absolute Gasteiger partial charge is 0.231 e. The third kappa shape index (κ3) is 2.67. The molecule has 1 aliphatic heterocycles. The van der Waals surface area contributed by atoms with Gasteiger partial charge < -0.3 is 19.9 Å². The number of halogens is 1. The van der Waals surface area contributed by atoms with Crippen LogP contribution in [0.5, 0.6) is 23.0 Å². The Kier molecular flexibility index (Phi) is 3.31. The van der Waals surface area contributed by atoms with Gasteiger partial charge in [-0.05, 0) is 35.9 Å². The highest BCUT2D eigenvalue weighted by molar-refractivity contribution is 9.10. The van der Waals surface area contributed by atoms with Crippen LogP contribution in [-0.4, -0.2) is 6.79 Å². The summed E-state index contributed by atoms with van der Waals surface area (Å²) in [7, 11) is 0. The van der Waals surface area contributed by atoms with E-state index in [-0.39, 0.29) is 6.79 Å². The first kappa shape index (κ1) is 12.3. The van der Waals surface area contributed by atoms with Crippen LogP contribution < -0.4 is 19.9 Å². The Morgan fingerprint density at radius 3 is 2.74 bits per heavy atom. The van der Waals surface area contributed by atoms with Gasteiger partial charge in [-0.15, -0.1) is 0 Å². The van der Waals surface area contributed by atoms with Crippen LogP contribution in [0, 0.1) is 0 Å². The minimum absolute atomic E-state index is 0.257. The third-order valence-electron chi connectivity index (χ3n) is 2.75. The molecule has 0 fully saturated rings. The summed E-state index contributed by atoms with van der Waals surface area (Å²) in [6.45, 7) is 0.726. The first-order valence-corrected chi connectivity index (χ1v) is 6.61. The van der Waals surface area contributed by atoms with Gasteiger partial charge in [0, 0.05) is 17.1 Å². The summed E-state index contributed by atoms with van der Waals surface area (Å²) in [6, 6.07) is 11.3. The largest absolute Gasteiger partial charge is 0.457 e. The van der Waals surface area contributed by atoms with Gasteiger partial charge in [-0.3, -0.25) is 0 Å². The second-order valence-electron chi connectivity index (χ2n) is 4.12. The van der Waals surface area contributed by atoms with Crippen LogP contribution in [-0.2, 0) is 6.54 Å². The Morgan fingerprint density at radius 1 is 1.05 bits per heavy atom. The molecule has 1 aliphatic rings. The predicted molar refractivity (Wildman–Crippen MR) is 74.7 cm³/mol. The molecule has 0 radical (unpaired) electrons. The Morgan fingerprint density at radius 2 is 1.89 bits per heavy atom. The summed E-state index contributed by atoms with van der Waals surface area (Å²) in [6.07, 6.45) is 0. The zero-order chi connectivity index (χ0) is 13.2. The molecule has 4 nitrogen and oxygen atoms in total. The summed E-state index contributed by atoms with van der Waals surface area (Å²) >= 11 is 3.44. The first-order chi connectivity index (χ1) is 9.24. The lowest BCUT2D eigenvalue weighted by molar-refractivity contribution is 0.174. The van der Waals surface area contributed by atoms with Crippen LogP contribution in [0.2, 0.25) is 0 Å². The molecule has 98 valence electrons. The monoisotopic (exact) mass is 321 g/mol. The standard InChI is InChI=1S/C14H12BrNO3/c15-10-3-9(7-16)4-12(5-10)19-11-1-2-13-14(6-11)18-8-17-13/h1-6H,7-8,16H2. The van der Waals surface area contributed by atoms with Crippen LogP contribution in [0.3, 0.4) is 0 Å². The number of nitrogens with two attached hydrogens (primary N) is 1. The maximum absolute atomic E-state index is 5.81. The van der Waals surface area contributed by atoms with Crippen LogP contribution >= 0.6 is 15.9 Å². The molecule has 0 bridgehead atoms. The molecule has 5 heteroatoms. The minimum atomic E-state index is 0.257. The first-order valence-electron chi connectivity index (χ1n) is 5.81. The van der Waals surface area contributed by atoms with E-state index in [9.17, 15) is 0 Å². The highest BCUT2D eigenvalue weighted by Gasteiger charge is 2.14. The Bertz CT molecular complexity index is 616. The molecule has 2 aromatic carbocycles. The SMILES string of the molecule is NCc1cc(Br)cc(Oc2ccc3c(c2)OCO3)c1. The van der Waals surface area contributed by atoms with Crippen molar-refractivity contribution < 1.29 is 14.2 Å². The van der Waals surface area contributed by atoms with E-state index in [4.69, 9.17) is 19.9 Å². The molecule has 3 rings (SSSR count). The molecule has 0 amide bonds. The van der Waals surface area contributed by atoms with Gasteiger partial charge in [0.1, 0.15) is 11.5 Å². The minimum Gasteiger partial charge on any atom is -0.457 e. The van der Waals surface area contributed by atoms with E-state index in [0.29, 0.717) is 18.0 Å². The van der Waals surface area contributed by atoms with Crippen molar-refractivity contribution in [1.82, 2.24) is 0 Å². The van der Waals surface area contributed by atoms with E-state index in [1.54, 1.807) is 0 Å². The van der Waals surface area contributed by atoms with Gasteiger partial charge in [0.05, 0.1) is 0 Å². The van der Waals surface area contributed by atoms with E-state index in [0.717, 1.165) is 21.5 Å². The average molecular weight is 322 g/mol. The Labute approximate surface area is 119 Å². The van der Waals surface area contributed by atoms with E-state index < -0.39 is 0 Å². The maximum atomic E-state index is 5.81. The van der Waals surface area contributed by atoms with Crippen LogP contribution in [0.4, 0.5) is 0 Å². The lowest BCUT2D eigenvalue weighted by Gasteiger charge is -2.08. The highest BCUT2D eigenvalue weighted by atomic mass is 79.9. The quantitative estimate of drug-likeness (QED) is 0.941. The van der Waals surface area contributed by atoms with Crippen LogP contribution in [0.1, 0.15) is 5.56 Å². The molecular formula is C14H12BrNO3. The number of rotatable bonds is 3. The number of hydrogen-bond acceptors (Lipinski definition) is 4. The third-order valence-corrected chi connectivity index (χ3v) is 3.20. The second kappa shape index (κ2) is 5.11. The molecule has 19 heavy (non-hydrogen) atoms. The van der Waals surface area contributed by atoms with Crippen molar-refractivity contribution in [2.24, 2.45) is 5.73 Å². The summed E-state index contributed by atoms with van der Waals surface area (Å²) < 4.78 is 17.3. The van der Waals surface area contributed by atoms with E-state index in [1.807, 2.05) is 36.4 Å². The summed E-state index contributed by atoms with van der Waals surface area (Å²) in [4.78, 5) is 0. The van der Waals surface area contributed by atoms with Crippen molar-refractivity contribution in [3.05, 3.63) is 46.4 Å². The van der Waals surface area contributed by atoms with E-state index >= 15 is 0 Å². The van der Waals surface area contributed by atoms with Crippen LogP contribution in [0.25, 0.3) is 0 Å². The van der Waals surface area contributed by atoms with Gasteiger partial charge in [-0.25, -0.2) is 0 Å². The molecule has 0 aliphatic carbocycles. The fourth-order valence-electron chi connectivity index (χ4n) is 1.87. The zero-order valence-electron chi connectivity index (χ0n) is 10.1. The van der Waals surface area contributed by atoms with Gasteiger partial charge in [-0.1, -0.05) is 15.9 Å². The predicted octanol–water partition coefficient (Wildman–Crippen LogP) is 3.43. The molecule has 0 aromatic heterocycles. The molecule has 0 spiro atoms. The van der Waals surface area contributed by atoms with Crippen molar-refractivity contribution in [3.63, 3.8) is 0 Å². The van der Waals surface area contributed by atoms with Gasteiger partial charge in [-0.2, -0.15) is 0 Å². The number of ether oxygens (including phenoxy) is 3. The topological polar surface area (TPSA) is 53.7 Å². The van der Waals surface area contributed by atoms with Crippen molar-refractivity contribution in [3.8, 4) is 23.0 Å². The molecular weight excluding hydrogens is 310 g/mol. The van der Waals surface area contributed by atoms with Crippen molar-refractivity contribution in [1.29, 1.82) is 0 Å². The van der Waals surface area contributed by atoms with Crippen molar-refractivity contribution >= 4 is 15.9 Å². The maximum Gasteiger partial charge on any atom is 0.231 e. The van der Waals surface area contributed by atoms with E-state index in [1.165, 1.54) is 0 Å². The highest BCUT2D eigenvalue weighted by Crippen LogP contribution is 2.37. The lowest BCUT2D eigenvalue weighted by Crippen LogP contribution is -1.96. The number of benzene rings is 2. The van der Waals surface area contributed by atoms with Gasteiger partial charge in [0.15, 0.2) is 11.5 Å². The molecule has 0 saturated carbocycles. The van der Waals surface area contributed by atoms with Crippen LogP contribution in [0.15, 0.2) is 40.9 Å². The number of fused-ring (bicyclic) bond motifs is 1. The molecule has 0 unspecified atom stereocenters. The van der Waals surface area contributed by atoms with Crippen molar-refractivity contribution in [2.75, 3.05) is 6.79 Å². The van der Waals surface area contributed by atoms with E-state index in [2.05, 4.69) is 15.9 Å². The lowest BCUT2D eigenvalue weighted by atomic mass is 10.2. The zero-order valence-corrected chi connectivity index (χ0v) is 11.6. The Balaban J connectivity index is 1.86. The molecule has 0 atom stereocenters. The van der Waals surface area contributed by atoms with Gasteiger partial charge >= 0.3 is 0 Å². The molecule has 2 aromatic rings.